The minimum absolute atomic E-state index is 0.0798. The fourth-order valence-corrected chi connectivity index (χ4v) is 1.40. The van der Waals surface area contributed by atoms with Gasteiger partial charge >= 0.3 is 0 Å². The molecule has 1 rings (SSSR count). The number of carbonyl (C=O) groups is 1. The Labute approximate surface area is 94.4 Å². The smallest absolute Gasteiger partial charge is 0.276 e. The van der Waals surface area contributed by atoms with Crippen molar-refractivity contribution in [3.63, 3.8) is 0 Å². The lowest BCUT2D eigenvalue weighted by molar-refractivity contribution is 0.0762. The fourth-order valence-electron chi connectivity index (χ4n) is 1.40. The molecule has 0 saturated carbocycles. The van der Waals surface area contributed by atoms with Crippen LogP contribution in [-0.2, 0) is 0 Å². The molecule has 0 unspecified atom stereocenters. The first kappa shape index (κ1) is 12.5. The van der Waals surface area contributed by atoms with E-state index in [9.17, 15) is 4.79 Å². The zero-order valence-corrected chi connectivity index (χ0v) is 9.82. The summed E-state index contributed by atoms with van der Waals surface area (Å²) in [5, 5.41) is 15.4. The molecule has 0 fully saturated rings. The Bertz CT molecular complexity index is 373. The van der Waals surface area contributed by atoms with Crippen molar-refractivity contribution in [3.8, 4) is 0 Å². The minimum Gasteiger partial charge on any atom is -0.395 e. The molecule has 0 aliphatic carbocycles. The third-order valence-corrected chi connectivity index (χ3v) is 2.40. The van der Waals surface area contributed by atoms with E-state index in [2.05, 4.69) is 10.2 Å². The lowest BCUT2D eigenvalue weighted by Crippen LogP contribution is -2.30. The second-order valence-corrected chi connectivity index (χ2v) is 4.00. The number of aliphatic hydroxyl groups excluding tert-OH is 1. The van der Waals surface area contributed by atoms with E-state index in [-0.39, 0.29) is 30.7 Å². The summed E-state index contributed by atoms with van der Waals surface area (Å²) in [5.74, 6) is -0.0908. The van der Waals surface area contributed by atoms with E-state index in [4.69, 9.17) is 10.8 Å². The maximum Gasteiger partial charge on any atom is 0.276 e. The van der Waals surface area contributed by atoms with Crippen LogP contribution in [0.2, 0.25) is 0 Å². The van der Waals surface area contributed by atoms with Crippen molar-refractivity contribution in [2.75, 3.05) is 25.9 Å². The maximum atomic E-state index is 11.8. The summed E-state index contributed by atoms with van der Waals surface area (Å²) in [4.78, 5) is 13.2. The molecule has 90 valence electrons. The van der Waals surface area contributed by atoms with Gasteiger partial charge in [0.2, 0.25) is 0 Å². The van der Waals surface area contributed by atoms with Crippen LogP contribution in [0.3, 0.4) is 0 Å². The van der Waals surface area contributed by atoms with Gasteiger partial charge in [0.1, 0.15) is 0 Å². The van der Waals surface area contributed by atoms with E-state index in [1.807, 2.05) is 13.8 Å². The van der Waals surface area contributed by atoms with Crippen LogP contribution < -0.4 is 5.73 Å². The summed E-state index contributed by atoms with van der Waals surface area (Å²) in [6, 6.07) is 0. The van der Waals surface area contributed by atoms with Gasteiger partial charge in [0, 0.05) is 13.6 Å². The Kier molecular flexibility index (Phi) is 3.89. The number of aromatic nitrogens is 2. The normalized spacial score (nSPS) is 10.8. The molecule has 6 nitrogen and oxygen atoms in total. The number of H-pyrrole nitrogens is 1. The van der Waals surface area contributed by atoms with Gasteiger partial charge in [0.05, 0.1) is 18.0 Å². The Hall–Kier alpha value is -1.56. The number of anilines is 1. The Morgan fingerprint density at radius 3 is 2.69 bits per heavy atom. The van der Waals surface area contributed by atoms with Crippen LogP contribution in [0.15, 0.2) is 0 Å². The summed E-state index contributed by atoms with van der Waals surface area (Å²) in [5.41, 5.74) is 7.22. The molecule has 0 atom stereocenters. The van der Waals surface area contributed by atoms with Crippen molar-refractivity contribution >= 4 is 11.6 Å². The molecule has 16 heavy (non-hydrogen) atoms. The highest BCUT2D eigenvalue weighted by molar-refractivity contribution is 5.97. The molecule has 0 aliphatic rings. The third-order valence-electron chi connectivity index (χ3n) is 2.40. The Morgan fingerprint density at radius 2 is 2.25 bits per heavy atom. The molecule has 1 aromatic rings. The van der Waals surface area contributed by atoms with Gasteiger partial charge in [-0.2, -0.15) is 5.10 Å². The monoisotopic (exact) mass is 226 g/mol. The minimum atomic E-state index is -0.283. The average Bonchev–Trinajstić information content (AvgIpc) is 2.59. The van der Waals surface area contributed by atoms with Crippen LogP contribution in [0, 0.1) is 0 Å². The first-order valence-corrected chi connectivity index (χ1v) is 5.19. The average molecular weight is 226 g/mol. The van der Waals surface area contributed by atoms with E-state index in [0.29, 0.717) is 5.69 Å². The number of amides is 1. The standard InChI is InChI=1S/C10H18N4O2/c1-6(2)8-7(11)9(13-12-8)10(16)14(3)4-5-15/h6,15H,4-5,11H2,1-3H3,(H,12,13). The first-order valence-electron chi connectivity index (χ1n) is 5.19. The molecule has 0 saturated heterocycles. The quantitative estimate of drug-likeness (QED) is 0.682. The van der Waals surface area contributed by atoms with Crippen LogP contribution in [0.4, 0.5) is 5.69 Å². The fraction of sp³-hybridized carbons (Fsp3) is 0.600. The molecule has 1 heterocycles. The summed E-state index contributed by atoms with van der Waals surface area (Å²) in [6.45, 7) is 4.12. The largest absolute Gasteiger partial charge is 0.395 e. The number of likely N-dealkylation sites (N-methyl/N-ethyl adjacent to an activating group) is 1. The molecule has 4 N–H and O–H groups in total. The zero-order valence-electron chi connectivity index (χ0n) is 9.82. The second kappa shape index (κ2) is 4.98. The molecular weight excluding hydrogens is 208 g/mol. The van der Waals surface area contributed by atoms with E-state index >= 15 is 0 Å². The summed E-state index contributed by atoms with van der Waals surface area (Å²) < 4.78 is 0. The number of hydrogen-bond acceptors (Lipinski definition) is 4. The van der Waals surface area contributed by atoms with Crippen molar-refractivity contribution < 1.29 is 9.90 Å². The van der Waals surface area contributed by atoms with Crippen LogP contribution in [0.5, 0.6) is 0 Å². The number of nitrogens with zero attached hydrogens (tertiary/aromatic N) is 2. The van der Waals surface area contributed by atoms with Crippen molar-refractivity contribution in [2.24, 2.45) is 0 Å². The molecule has 0 bridgehead atoms. The van der Waals surface area contributed by atoms with Crippen molar-refractivity contribution in [3.05, 3.63) is 11.4 Å². The van der Waals surface area contributed by atoms with E-state index in [1.165, 1.54) is 4.90 Å². The van der Waals surface area contributed by atoms with E-state index < -0.39 is 0 Å². The molecular formula is C10H18N4O2. The van der Waals surface area contributed by atoms with Crippen LogP contribution in [0.25, 0.3) is 0 Å². The SMILES string of the molecule is CC(C)c1[nH]nc(C(=O)N(C)CCO)c1N. The first-order chi connectivity index (χ1) is 7.49. The summed E-state index contributed by atoms with van der Waals surface area (Å²) >= 11 is 0. The van der Waals surface area contributed by atoms with Gasteiger partial charge in [-0.15, -0.1) is 0 Å². The van der Waals surface area contributed by atoms with Gasteiger partial charge in [-0.25, -0.2) is 0 Å². The lowest BCUT2D eigenvalue weighted by Gasteiger charge is -2.14. The molecule has 0 radical (unpaired) electrons. The number of rotatable bonds is 4. The predicted octanol–water partition coefficient (Wildman–Crippen LogP) is 0.180. The van der Waals surface area contributed by atoms with Gasteiger partial charge in [0.25, 0.3) is 5.91 Å². The number of aromatic amines is 1. The van der Waals surface area contributed by atoms with Crippen LogP contribution in [-0.4, -0.2) is 46.3 Å². The number of hydrogen-bond donors (Lipinski definition) is 3. The van der Waals surface area contributed by atoms with Gasteiger partial charge in [-0.05, 0) is 5.92 Å². The molecule has 0 aliphatic heterocycles. The number of nitrogen functional groups attached to an aromatic ring is 1. The van der Waals surface area contributed by atoms with E-state index in [0.717, 1.165) is 5.69 Å². The van der Waals surface area contributed by atoms with Crippen molar-refractivity contribution in [1.29, 1.82) is 0 Å². The number of carbonyl (C=O) groups excluding carboxylic acids is 1. The second-order valence-electron chi connectivity index (χ2n) is 4.00. The maximum absolute atomic E-state index is 11.8. The molecule has 0 aromatic carbocycles. The van der Waals surface area contributed by atoms with Crippen molar-refractivity contribution in [2.45, 2.75) is 19.8 Å². The Morgan fingerprint density at radius 1 is 1.62 bits per heavy atom. The lowest BCUT2D eigenvalue weighted by atomic mass is 10.1. The highest BCUT2D eigenvalue weighted by atomic mass is 16.3. The van der Waals surface area contributed by atoms with Crippen LogP contribution in [0.1, 0.15) is 35.9 Å². The molecule has 1 aromatic heterocycles. The highest BCUT2D eigenvalue weighted by Crippen LogP contribution is 2.22. The number of aliphatic hydroxyl groups is 1. The van der Waals surface area contributed by atoms with Gasteiger partial charge in [-0.3, -0.25) is 9.89 Å². The summed E-state index contributed by atoms with van der Waals surface area (Å²) in [6.07, 6.45) is 0. The number of nitrogens with one attached hydrogen (secondary N) is 1. The Balaban J connectivity index is 2.92. The molecule has 6 heteroatoms. The molecule has 1 amide bonds. The predicted molar refractivity (Wildman–Crippen MR) is 61.1 cm³/mol. The topological polar surface area (TPSA) is 95.2 Å². The molecule has 0 spiro atoms. The van der Waals surface area contributed by atoms with Gasteiger partial charge in [0.15, 0.2) is 5.69 Å². The van der Waals surface area contributed by atoms with E-state index in [1.54, 1.807) is 7.05 Å². The zero-order chi connectivity index (χ0) is 12.3. The number of nitrogens with two attached hydrogens (primary N) is 1. The van der Waals surface area contributed by atoms with Gasteiger partial charge < -0.3 is 15.7 Å². The van der Waals surface area contributed by atoms with Crippen molar-refractivity contribution in [1.82, 2.24) is 15.1 Å². The third kappa shape index (κ3) is 2.33. The summed E-state index contributed by atoms with van der Waals surface area (Å²) in [7, 11) is 1.60. The van der Waals surface area contributed by atoms with Gasteiger partial charge in [-0.1, -0.05) is 13.8 Å². The van der Waals surface area contributed by atoms with Crippen LogP contribution >= 0.6 is 0 Å². The highest BCUT2D eigenvalue weighted by Gasteiger charge is 2.21.